The maximum Gasteiger partial charge on any atom is 0.138 e. The Labute approximate surface area is 172 Å². The van der Waals surface area contributed by atoms with E-state index in [0.29, 0.717) is 6.54 Å². The molecule has 29 heavy (non-hydrogen) atoms. The van der Waals surface area contributed by atoms with Crippen LogP contribution < -0.4 is 4.74 Å². The summed E-state index contributed by atoms with van der Waals surface area (Å²) < 4.78 is 11.1. The molecular formula is C22H33N3O4. The van der Waals surface area contributed by atoms with Gasteiger partial charge in [-0.25, -0.2) is 0 Å². The van der Waals surface area contributed by atoms with Crippen molar-refractivity contribution < 1.29 is 19.5 Å². The van der Waals surface area contributed by atoms with Gasteiger partial charge >= 0.3 is 0 Å². The number of likely N-dealkylation sites (tertiary alicyclic amines) is 1. The Kier molecular flexibility index (Phi) is 7.66. The van der Waals surface area contributed by atoms with Gasteiger partial charge in [-0.1, -0.05) is 17.3 Å². The zero-order valence-corrected chi connectivity index (χ0v) is 17.7. The molecule has 3 rings (SSSR count). The first kappa shape index (κ1) is 21.8. The second kappa shape index (κ2) is 10.2. The second-order valence-electron chi connectivity index (χ2n) is 8.12. The number of aromatic nitrogens is 1. The molecule has 160 valence electrons. The maximum absolute atomic E-state index is 10.3. The summed E-state index contributed by atoms with van der Waals surface area (Å²) in [5.74, 6) is 1.63. The van der Waals surface area contributed by atoms with Gasteiger partial charge in [0.25, 0.3) is 0 Å². The number of rotatable bonds is 9. The minimum atomic E-state index is -0.545. The van der Waals surface area contributed by atoms with Crippen LogP contribution in [-0.4, -0.2) is 70.7 Å². The zero-order valence-electron chi connectivity index (χ0n) is 17.7. The van der Waals surface area contributed by atoms with Crippen molar-refractivity contribution in [3.63, 3.8) is 0 Å². The van der Waals surface area contributed by atoms with Crippen LogP contribution in [0.5, 0.6) is 5.75 Å². The lowest BCUT2D eigenvalue weighted by Crippen LogP contribution is -2.41. The SMILES string of the molecule is Cc1noc(C)c1CN(C)Cc1cccc(OC[C@H](O)CN2CCC(O)CC2)c1. The molecule has 2 aromatic rings. The highest BCUT2D eigenvalue weighted by Crippen LogP contribution is 2.18. The van der Waals surface area contributed by atoms with Gasteiger partial charge in [-0.2, -0.15) is 0 Å². The van der Waals surface area contributed by atoms with Crippen molar-refractivity contribution >= 4 is 0 Å². The molecule has 0 spiro atoms. The van der Waals surface area contributed by atoms with Crippen molar-refractivity contribution in [1.29, 1.82) is 0 Å². The number of aliphatic hydroxyl groups excluding tert-OH is 2. The summed E-state index contributed by atoms with van der Waals surface area (Å²) in [6.45, 7) is 7.94. The molecule has 1 aliphatic heterocycles. The van der Waals surface area contributed by atoms with Crippen molar-refractivity contribution in [3.8, 4) is 5.75 Å². The molecule has 1 aliphatic rings. The van der Waals surface area contributed by atoms with E-state index in [-0.39, 0.29) is 12.7 Å². The summed E-state index contributed by atoms with van der Waals surface area (Å²) in [7, 11) is 2.07. The normalized spacial score (nSPS) is 17.0. The molecule has 2 heterocycles. The van der Waals surface area contributed by atoms with Crippen LogP contribution in [0.25, 0.3) is 0 Å². The first-order valence-electron chi connectivity index (χ1n) is 10.3. The summed E-state index contributed by atoms with van der Waals surface area (Å²) in [6, 6.07) is 7.99. The van der Waals surface area contributed by atoms with Crippen molar-refractivity contribution in [1.82, 2.24) is 15.0 Å². The number of nitrogens with zero attached hydrogens (tertiary/aromatic N) is 3. The van der Waals surface area contributed by atoms with Crippen LogP contribution in [0.1, 0.15) is 35.4 Å². The summed E-state index contributed by atoms with van der Waals surface area (Å²) in [4.78, 5) is 4.39. The fourth-order valence-electron chi connectivity index (χ4n) is 3.74. The van der Waals surface area contributed by atoms with Crippen molar-refractivity contribution in [2.45, 2.75) is 52.0 Å². The molecule has 0 saturated carbocycles. The average Bonchev–Trinajstić information content (AvgIpc) is 3.00. The van der Waals surface area contributed by atoms with E-state index < -0.39 is 6.10 Å². The van der Waals surface area contributed by atoms with E-state index in [1.807, 2.05) is 32.0 Å². The fraction of sp³-hybridized carbons (Fsp3) is 0.591. The van der Waals surface area contributed by atoms with Gasteiger partial charge in [0, 0.05) is 38.3 Å². The number of β-amino-alcohol motifs (C(OH)–C–C–N with tert-alkyl or cyclic N) is 1. The molecule has 1 saturated heterocycles. The minimum absolute atomic E-state index is 0.196. The summed E-state index contributed by atoms with van der Waals surface area (Å²) in [6.07, 6.45) is 0.808. The van der Waals surface area contributed by atoms with Crippen molar-refractivity contribution in [3.05, 3.63) is 46.8 Å². The van der Waals surface area contributed by atoms with Crippen LogP contribution in [0.15, 0.2) is 28.8 Å². The van der Waals surface area contributed by atoms with Gasteiger partial charge in [0.1, 0.15) is 24.2 Å². The number of piperidine rings is 1. The predicted octanol–water partition coefficient (Wildman–Crippen LogP) is 2.12. The lowest BCUT2D eigenvalue weighted by atomic mass is 10.1. The van der Waals surface area contributed by atoms with Gasteiger partial charge in [0.05, 0.1) is 11.8 Å². The van der Waals surface area contributed by atoms with Crippen molar-refractivity contribution in [2.75, 3.05) is 33.3 Å². The molecule has 0 bridgehead atoms. The zero-order chi connectivity index (χ0) is 20.8. The van der Waals surface area contributed by atoms with E-state index in [2.05, 4.69) is 28.1 Å². The molecule has 0 aliphatic carbocycles. The van der Waals surface area contributed by atoms with Gasteiger partial charge < -0.3 is 24.4 Å². The maximum atomic E-state index is 10.3. The van der Waals surface area contributed by atoms with E-state index in [1.165, 1.54) is 0 Å². The Balaban J connectivity index is 1.46. The highest BCUT2D eigenvalue weighted by Gasteiger charge is 2.19. The molecule has 7 heteroatoms. The molecule has 2 N–H and O–H groups in total. The number of benzene rings is 1. The van der Waals surface area contributed by atoms with Crippen LogP contribution in [0.2, 0.25) is 0 Å². The number of hydrogen-bond donors (Lipinski definition) is 2. The lowest BCUT2D eigenvalue weighted by Gasteiger charge is -2.30. The molecule has 0 unspecified atom stereocenters. The Morgan fingerprint density at radius 1 is 1.28 bits per heavy atom. The number of hydrogen-bond acceptors (Lipinski definition) is 7. The smallest absolute Gasteiger partial charge is 0.138 e. The van der Waals surface area contributed by atoms with Crippen LogP contribution >= 0.6 is 0 Å². The minimum Gasteiger partial charge on any atom is -0.491 e. The van der Waals surface area contributed by atoms with Gasteiger partial charge in [-0.05, 0) is 51.4 Å². The first-order chi connectivity index (χ1) is 13.9. The van der Waals surface area contributed by atoms with Crippen LogP contribution in [0.3, 0.4) is 0 Å². The number of aliphatic hydroxyl groups is 2. The second-order valence-corrected chi connectivity index (χ2v) is 8.12. The first-order valence-corrected chi connectivity index (χ1v) is 10.3. The molecule has 7 nitrogen and oxygen atoms in total. The highest BCUT2D eigenvalue weighted by molar-refractivity contribution is 5.29. The monoisotopic (exact) mass is 403 g/mol. The van der Waals surface area contributed by atoms with Crippen LogP contribution in [-0.2, 0) is 13.1 Å². The van der Waals surface area contributed by atoms with Gasteiger partial charge in [0.2, 0.25) is 0 Å². The quantitative estimate of drug-likeness (QED) is 0.664. The number of ether oxygens (including phenoxy) is 1. The molecule has 0 radical (unpaired) electrons. The third-order valence-electron chi connectivity index (χ3n) is 5.43. The van der Waals surface area contributed by atoms with Gasteiger partial charge in [-0.15, -0.1) is 0 Å². The fourth-order valence-corrected chi connectivity index (χ4v) is 3.74. The molecule has 1 aromatic carbocycles. The van der Waals surface area contributed by atoms with E-state index in [0.717, 1.165) is 67.4 Å². The molecule has 1 aromatic heterocycles. The topological polar surface area (TPSA) is 82.2 Å². The Morgan fingerprint density at radius 2 is 2.03 bits per heavy atom. The van der Waals surface area contributed by atoms with Crippen LogP contribution in [0, 0.1) is 13.8 Å². The highest BCUT2D eigenvalue weighted by atomic mass is 16.5. The molecule has 1 atom stereocenters. The molecule has 1 fully saturated rings. The van der Waals surface area contributed by atoms with Crippen molar-refractivity contribution in [2.24, 2.45) is 0 Å². The largest absolute Gasteiger partial charge is 0.491 e. The van der Waals surface area contributed by atoms with Gasteiger partial charge in [-0.3, -0.25) is 4.90 Å². The third-order valence-corrected chi connectivity index (χ3v) is 5.43. The van der Waals surface area contributed by atoms with Crippen LogP contribution in [0.4, 0.5) is 0 Å². The Bertz CT molecular complexity index is 752. The third kappa shape index (κ3) is 6.54. The molecule has 0 amide bonds. The standard InChI is InChI=1S/C22H33N3O4/c1-16-22(17(2)29-23-16)14-24(3)12-18-5-4-6-21(11-18)28-15-20(27)13-25-9-7-19(26)8-10-25/h4-6,11,19-20,26-27H,7-10,12-15H2,1-3H3/t20-/m1/s1. The predicted molar refractivity (Wildman–Crippen MR) is 111 cm³/mol. The van der Waals surface area contributed by atoms with E-state index >= 15 is 0 Å². The van der Waals surface area contributed by atoms with E-state index in [4.69, 9.17) is 9.26 Å². The lowest BCUT2D eigenvalue weighted by molar-refractivity contribution is 0.0337. The number of aryl methyl sites for hydroxylation is 2. The average molecular weight is 404 g/mol. The summed E-state index contributed by atoms with van der Waals surface area (Å²) in [5.41, 5.74) is 3.22. The Hall–Kier alpha value is -1.93. The molecular weight excluding hydrogens is 370 g/mol. The Morgan fingerprint density at radius 3 is 2.72 bits per heavy atom. The van der Waals surface area contributed by atoms with Gasteiger partial charge in [0.15, 0.2) is 0 Å². The summed E-state index contributed by atoms with van der Waals surface area (Å²) >= 11 is 0. The van der Waals surface area contributed by atoms with E-state index in [1.54, 1.807) is 0 Å². The van der Waals surface area contributed by atoms with E-state index in [9.17, 15) is 10.2 Å². The summed E-state index contributed by atoms with van der Waals surface area (Å²) in [5, 5.41) is 23.9.